The number of fused-ring (bicyclic) bond motifs is 2. The van der Waals surface area contributed by atoms with Crippen LogP contribution in [0.25, 0.3) is 11.1 Å². The highest BCUT2D eigenvalue weighted by Crippen LogP contribution is 2.51. The van der Waals surface area contributed by atoms with Crippen molar-refractivity contribution in [1.29, 1.82) is 0 Å². The number of carbonyl (C=O) groups is 1. The van der Waals surface area contributed by atoms with Crippen LogP contribution in [-0.4, -0.2) is 17.4 Å². The molecule has 1 amide bonds. The Morgan fingerprint density at radius 3 is 3.05 bits per heavy atom. The molecular formula is C14H15N3O2. The minimum absolute atomic E-state index is 0.103. The van der Waals surface area contributed by atoms with E-state index < -0.39 is 5.91 Å². The first-order chi connectivity index (χ1) is 9.21. The lowest BCUT2D eigenvalue weighted by molar-refractivity contribution is 0.0991. The summed E-state index contributed by atoms with van der Waals surface area (Å²) in [6, 6.07) is 5.32. The first-order valence-electron chi connectivity index (χ1n) is 6.65. The highest BCUT2D eigenvalue weighted by atomic mass is 16.4. The summed E-state index contributed by atoms with van der Waals surface area (Å²) in [7, 11) is 0. The second-order valence-electron chi connectivity index (χ2n) is 5.46. The maximum absolute atomic E-state index is 11.4. The Balaban J connectivity index is 1.89. The fourth-order valence-corrected chi connectivity index (χ4v) is 3.42. The molecule has 0 bridgehead atoms. The molecule has 1 saturated heterocycles. The molecule has 5 heteroatoms. The molecule has 2 atom stereocenters. The number of primary amides is 1. The van der Waals surface area contributed by atoms with Crippen LogP contribution in [-0.2, 0) is 5.54 Å². The summed E-state index contributed by atoms with van der Waals surface area (Å²) < 4.78 is 5.89. The van der Waals surface area contributed by atoms with Gasteiger partial charge in [-0.05, 0) is 43.9 Å². The number of amides is 1. The Kier molecular flexibility index (Phi) is 2.07. The molecular weight excluding hydrogens is 242 g/mol. The van der Waals surface area contributed by atoms with E-state index in [1.54, 1.807) is 12.1 Å². The third kappa shape index (κ3) is 1.33. The lowest BCUT2D eigenvalue weighted by atomic mass is 9.68. The summed E-state index contributed by atoms with van der Waals surface area (Å²) in [6.07, 6.45) is 3.44. The van der Waals surface area contributed by atoms with Gasteiger partial charge in [0.15, 0.2) is 5.58 Å². The topological polar surface area (TPSA) is 81.2 Å². The van der Waals surface area contributed by atoms with Crippen molar-refractivity contribution in [3.63, 3.8) is 0 Å². The molecule has 2 unspecified atom stereocenters. The maximum Gasteiger partial charge on any atom is 0.252 e. The molecule has 98 valence electrons. The Bertz CT molecular complexity index is 678. The van der Waals surface area contributed by atoms with Crippen LogP contribution in [0.5, 0.6) is 0 Å². The molecule has 1 saturated carbocycles. The number of nitrogens with one attached hydrogen (secondary N) is 1. The number of nitrogens with two attached hydrogens (primary N) is 1. The van der Waals surface area contributed by atoms with Gasteiger partial charge in [0.1, 0.15) is 5.52 Å². The van der Waals surface area contributed by atoms with E-state index in [1.807, 2.05) is 6.07 Å². The molecule has 1 aromatic heterocycles. The SMILES string of the molecule is NC(=O)c1cccc2nc(C34CCC3CCN4)oc12. The summed E-state index contributed by atoms with van der Waals surface area (Å²) in [4.78, 5) is 16.0. The largest absolute Gasteiger partial charge is 0.438 e. The number of oxazole rings is 1. The molecule has 0 spiro atoms. The zero-order chi connectivity index (χ0) is 13.0. The Hall–Kier alpha value is -1.88. The summed E-state index contributed by atoms with van der Waals surface area (Å²) in [5.74, 6) is 0.845. The van der Waals surface area contributed by atoms with Crippen LogP contribution in [0.15, 0.2) is 22.6 Å². The van der Waals surface area contributed by atoms with Crippen LogP contribution in [0.4, 0.5) is 0 Å². The van der Waals surface area contributed by atoms with Gasteiger partial charge in [-0.15, -0.1) is 0 Å². The predicted molar refractivity (Wildman–Crippen MR) is 69.5 cm³/mol. The van der Waals surface area contributed by atoms with Gasteiger partial charge >= 0.3 is 0 Å². The molecule has 5 nitrogen and oxygen atoms in total. The Morgan fingerprint density at radius 2 is 2.37 bits per heavy atom. The number of hydrogen-bond donors (Lipinski definition) is 2. The molecule has 4 rings (SSSR count). The first-order valence-corrected chi connectivity index (χ1v) is 6.65. The number of rotatable bonds is 2. The highest BCUT2D eigenvalue weighted by molar-refractivity contribution is 6.03. The van der Waals surface area contributed by atoms with Crippen molar-refractivity contribution in [2.75, 3.05) is 6.54 Å². The number of hydrogen-bond acceptors (Lipinski definition) is 4. The van der Waals surface area contributed by atoms with Gasteiger partial charge in [-0.25, -0.2) is 4.98 Å². The third-order valence-corrected chi connectivity index (χ3v) is 4.58. The van der Waals surface area contributed by atoms with Crippen molar-refractivity contribution in [3.05, 3.63) is 29.7 Å². The zero-order valence-electron chi connectivity index (χ0n) is 10.5. The lowest BCUT2D eigenvalue weighted by Crippen LogP contribution is -2.49. The van der Waals surface area contributed by atoms with E-state index in [-0.39, 0.29) is 5.54 Å². The van der Waals surface area contributed by atoms with Crippen molar-refractivity contribution in [1.82, 2.24) is 10.3 Å². The minimum Gasteiger partial charge on any atom is -0.438 e. The smallest absolute Gasteiger partial charge is 0.252 e. The van der Waals surface area contributed by atoms with E-state index in [9.17, 15) is 4.79 Å². The number of nitrogens with zero attached hydrogens (tertiary/aromatic N) is 1. The Labute approximate surface area is 110 Å². The molecule has 1 aliphatic heterocycles. The molecule has 1 aliphatic carbocycles. The van der Waals surface area contributed by atoms with Crippen LogP contribution in [0.2, 0.25) is 0 Å². The number of benzene rings is 1. The van der Waals surface area contributed by atoms with Crippen LogP contribution in [0, 0.1) is 5.92 Å². The van der Waals surface area contributed by atoms with Crippen LogP contribution in [0.1, 0.15) is 35.5 Å². The van der Waals surface area contributed by atoms with Crippen LogP contribution >= 0.6 is 0 Å². The van der Waals surface area contributed by atoms with E-state index in [0.717, 1.165) is 13.0 Å². The van der Waals surface area contributed by atoms with Crippen molar-refractivity contribution < 1.29 is 9.21 Å². The molecule has 2 fully saturated rings. The van der Waals surface area contributed by atoms with Gasteiger partial charge in [0, 0.05) is 0 Å². The third-order valence-electron chi connectivity index (χ3n) is 4.58. The van der Waals surface area contributed by atoms with Crippen LogP contribution in [0.3, 0.4) is 0 Å². The second-order valence-corrected chi connectivity index (χ2v) is 5.46. The van der Waals surface area contributed by atoms with Gasteiger partial charge < -0.3 is 15.5 Å². The maximum atomic E-state index is 11.4. The highest BCUT2D eigenvalue weighted by Gasteiger charge is 2.54. The number of aromatic nitrogens is 1. The minimum atomic E-state index is -0.477. The van der Waals surface area contributed by atoms with Gasteiger partial charge in [0.05, 0.1) is 11.1 Å². The van der Waals surface area contributed by atoms with Gasteiger partial charge in [-0.3, -0.25) is 4.79 Å². The standard InChI is InChI=1S/C14H15N3O2/c15-12(18)9-2-1-3-10-11(9)19-13(17-10)14-6-4-8(14)5-7-16-14/h1-3,8,16H,4-7H2,(H2,15,18). The van der Waals surface area contributed by atoms with Crippen molar-refractivity contribution in [3.8, 4) is 0 Å². The second kappa shape index (κ2) is 3.57. The molecule has 2 heterocycles. The summed E-state index contributed by atoms with van der Waals surface area (Å²) in [6.45, 7) is 1.01. The quantitative estimate of drug-likeness (QED) is 0.854. The van der Waals surface area contributed by atoms with Gasteiger partial charge in [-0.1, -0.05) is 6.07 Å². The Morgan fingerprint density at radius 1 is 1.47 bits per heavy atom. The van der Waals surface area contributed by atoms with E-state index in [4.69, 9.17) is 10.2 Å². The van der Waals surface area contributed by atoms with Crippen molar-refractivity contribution >= 4 is 17.0 Å². The van der Waals surface area contributed by atoms with Gasteiger partial charge in [-0.2, -0.15) is 0 Å². The zero-order valence-corrected chi connectivity index (χ0v) is 10.5. The first kappa shape index (κ1) is 11.0. The summed E-state index contributed by atoms with van der Waals surface area (Å²) in [5, 5.41) is 3.52. The van der Waals surface area contributed by atoms with Gasteiger partial charge in [0.2, 0.25) is 5.89 Å². The van der Waals surface area contributed by atoms with Crippen molar-refractivity contribution in [2.45, 2.75) is 24.8 Å². The predicted octanol–water partition coefficient (Wildman–Crippen LogP) is 1.53. The average molecular weight is 257 g/mol. The molecule has 3 N–H and O–H groups in total. The molecule has 0 radical (unpaired) electrons. The van der Waals surface area contributed by atoms with E-state index in [2.05, 4.69) is 10.3 Å². The van der Waals surface area contributed by atoms with E-state index in [0.29, 0.717) is 28.5 Å². The molecule has 2 aromatic rings. The molecule has 19 heavy (non-hydrogen) atoms. The lowest BCUT2D eigenvalue weighted by Gasteiger charge is -2.42. The summed E-state index contributed by atoms with van der Waals surface area (Å²) >= 11 is 0. The monoisotopic (exact) mass is 257 g/mol. The molecule has 1 aromatic carbocycles. The molecule has 2 aliphatic rings. The fraction of sp³-hybridized carbons (Fsp3) is 0.429. The fourth-order valence-electron chi connectivity index (χ4n) is 3.42. The van der Waals surface area contributed by atoms with Gasteiger partial charge in [0.25, 0.3) is 5.91 Å². The van der Waals surface area contributed by atoms with E-state index >= 15 is 0 Å². The van der Waals surface area contributed by atoms with Crippen LogP contribution < -0.4 is 11.1 Å². The summed E-state index contributed by atoms with van der Waals surface area (Å²) in [5.41, 5.74) is 6.90. The van der Waals surface area contributed by atoms with Crippen molar-refractivity contribution in [2.24, 2.45) is 11.7 Å². The van der Waals surface area contributed by atoms with E-state index in [1.165, 1.54) is 12.8 Å². The number of carbonyl (C=O) groups excluding carboxylic acids is 1. The normalized spacial score (nSPS) is 29.2. The number of para-hydroxylation sites is 1. The average Bonchev–Trinajstić information content (AvgIpc) is 2.91.